The van der Waals surface area contributed by atoms with Crippen LogP contribution < -0.4 is 5.32 Å². The summed E-state index contributed by atoms with van der Waals surface area (Å²) >= 11 is 0. The van der Waals surface area contributed by atoms with Gasteiger partial charge in [-0.2, -0.15) is 18.2 Å². The zero-order chi connectivity index (χ0) is 15.0. The van der Waals surface area contributed by atoms with Crippen LogP contribution in [-0.4, -0.2) is 20.5 Å². The third-order valence-electron chi connectivity index (χ3n) is 3.48. The van der Waals surface area contributed by atoms with E-state index in [9.17, 15) is 9.90 Å². The number of carbonyl (C=O) groups is 1. The van der Waals surface area contributed by atoms with Gasteiger partial charge in [0, 0.05) is 56.9 Å². The summed E-state index contributed by atoms with van der Waals surface area (Å²) < 4.78 is 1.72. The number of carboxylic acid groups (broad SMARTS) is 1. The van der Waals surface area contributed by atoms with Crippen LogP contribution in [-0.2, 0) is 32.7 Å². The van der Waals surface area contributed by atoms with E-state index in [0.717, 1.165) is 22.5 Å². The molecule has 2 aromatic heterocycles. The van der Waals surface area contributed by atoms with Gasteiger partial charge in [0.25, 0.3) is 0 Å². The molecule has 3 rings (SSSR count). The Bertz CT molecular complexity index is 843. The van der Waals surface area contributed by atoms with Crippen LogP contribution in [0.5, 0.6) is 0 Å². The number of nitrogens with zero attached hydrogens (tertiary/aromatic N) is 2. The molecule has 0 fully saturated rings. The van der Waals surface area contributed by atoms with Gasteiger partial charge in [0.15, 0.2) is 0 Å². The van der Waals surface area contributed by atoms with Crippen LogP contribution in [0.4, 0.5) is 11.4 Å². The van der Waals surface area contributed by atoms with E-state index in [-0.39, 0.29) is 38.3 Å². The zero-order valence-electron chi connectivity index (χ0n) is 12.3. The van der Waals surface area contributed by atoms with Crippen molar-refractivity contribution in [3.63, 3.8) is 0 Å². The SMILES string of the molecule is Cc1c[c-]ccc1Nc1c(C(=O)O)cn2ccnc2c1C.[Y]. The van der Waals surface area contributed by atoms with Gasteiger partial charge in [0.05, 0.1) is 11.3 Å². The van der Waals surface area contributed by atoms with Crippen molar-refractivity contribution >= 4 is 23.0 Å². The smallest absolute Gasteiger partial charge is 0.339 e. The Morgan fingerprint density at radius 3 is 2.86 bits per heavy atom. The second-order valence-corrected chi connectivity index (χ2v) is 4.87. The number of aromatic nitrogens is 2. The van der Waals surface area contributed by atoms with E-state index in [1.165, 1.54) is 0 Å². The van der Waals surface area contributed by atoms with E-state index >= 15 is 0 Å². The van der Waals surface area contributed by atoms with Crippen LogP contribution in [0.15, 0.2) is 36.8 Å². The second-order valence-electron chi connectivity index (χ2n) is 4.87. The van der Waals surface area contributed by atoms with Crippen LogP contribution in [0.25, 0.3) is 5.65 Å². The number of imidazole rings is 1. The van der Waals surface area contributed by atoms with Gasteiger partial charge in [-0.3, -0.25) is 0 Å². The molecule has 1 radical (unpaired) electrons. The Balaban J connectivity index is 0.00000176. The summed E-state index contributed by atoms with van der Waals surface area (Å²) in [7, 11) is 0. The van der Waals surface area contributed by atoms with Crippen molar-refractivity contribution in [3.05, 3.63) is 59.5 Å². The normalized spacial score (nSPS) is 10.3. The maximum atomic E-state index is 11.5. The number of pyridine rings is 1. The van der Waals surface area contributed by atoms with E-state index in [1.807, 2.05) is 26.0 Å². The molecular weight excluding hydrogens is 355 g/mol. The van der Waals surface area contributed by atoms with E-state index in [2.05, 4.69) is 16.4 Å². The first kappa shape index (κ1) is 16.7. The fourth-order valence-electron chi connectivity index (χ4n) is 2.34. The fraction of sp³-hybridized carbons (Fsp3) is 0.125. The second kappa shape index (κ2) is 6.59. The molecule has 6 heteroatoms. The summed E-state index contributed by atoms with van der Waals surface area (Å²) in [5, 5.41) is 12.7. The molecule has 1 aromatic carbocycles. The number of hydrogen-bond donors (Lipinski definition) is 2. The van der Waals surface area contributed by atoms with Crippen LogP contribution in [0.2, 0.25) is 0 Å². The molecular formula is C16H14N3O2Y-. The first-order valence-corrected chi connectivity index (χ1v) is 6.51. The monoisotopic (exact) mass is 369 g/mol. The van der Waals surface area contributed by atoms with E-state index in [4.69, 9.17) is 0 Å². The van der Waals surface area contributed by atoms with Crippen molar-refractivity contribution in [3.8, 4) is 0 Å². The van der Waals surface area contributed by atoms with E-state index < -0.39 is 5.97 Å². The minimum absolute atomic E-state index is 0. The topological polar surface area (TPSA) is 66.6 Å². The molecule has 3 aromatic rings. The number of carboxylic acids is 1. The molecule has 0 spiro atoms. The van der Waals surface area contributed by atoms with Crippen molar-refractivity contribution in [1.29, 1.82) is 0 Å². The quantitative estimate of drug-likeness (QED) is 0.696. The minimum Gasteiger partial charge on any atom is -0.478 e. The molecule has 0 bridgehead atoms. The molecule has 0 aliphatic heterocycles. The number of benzene rings is 1. The summed E-state index contributed by atoms with van der Waals surface area (Å²) in [5.74, 6) is -0.976. The van der Waals surface area contributed by atoms with Crippen molar-refractivity contribution < 1.29 is 42.6 Å². The van der Waals surface area contributed by atoms with Crippen molar-refractivity contribution in [2.45, 2.75) is 13.8 Å². The molecule has 0 atom stereocenters. The predicted molar refractivity (Wildman–Crippen MR) is 80.2 cm³/mol. The van der Waals surface area contributed by atoms with Crippen molar-refractivity contribution in [2.24, 2.45) is 0 Å². The molecule has 5 nitrogen and oxygen atoms in total. The maximum absolute atomic E-state index is 11.5. The fourth-order valence-corrected chi connectivity index (χ4v) is 2.34. The number of fused-ring (bicyclic) bond motifs is 1. The van der Waals surface area contributed by atoms with E-state index in [1.54, 1.807) is 29.1 Å². The van der Waals surface area contributed by atoms with Gasteiger partial charge < -0.3 is 14.8 Å². The van der Waals surface area contributed by atoms with Crippen LogP contribution in [0, 0.1) is 19.9 Å². The van der Waals surface area contributed by atoms with Crippen molar-refractivity contribution in [1.82, 2.24) is 9.38 Å². The third kappa shape index (κ3) is 2.92. The molecule has 2 heterocycles. The average molecular weight is 369 g/mol. The Labute approximate surface area is 153 Å². The molecule has 0 unspecified atom stereocenters. The average Bonchev–Trinajstić information content (AvgIpc) is 2.92. The largest absolute Gasteiger partial charge is 0.478 e. The number of nitrogens with one attached hydrogen (secondary N) is 1. The van der Waals surface area contributed by atoms with Gasteiger partial charge in [-0.05, 0) is 6.92 Å². The summed E-state index contributed by atoms with van der Waals surface area (Å²) in [6.07, 6.45) is 4.96. The summed E-state index contributed by atoms with van der Waals surface area (Å²) in [4.78, 5) is 15.8. The number of anilines is 2. The summed E-state index contributed by atoms with van der Waals surface area (Å²) in [6, 6.07) is 8.51. The first-order valence-electron chi connectivity index (χ1n) is 6.51. The third-order valence-corrected chi connectivity index (χ3v) is 3.48. The van der Waals surface area contributed by atoms with Gasteiger partial charge in [0.1, 0.15) is 5.65 Å². The molecule has 0 amide bonds. The van der Waals surface area contributed by atoms with Crippen LogP contribution >= 0.6 is 0 Å². The molecule has 2 N–H and O–H groups in total. The Hall–Kier alpha value is -1.72. The van der Waals surface area contributed by atoms with Gasteiger partial charge in [-0.1, -0.05) is 12.6 Å². The van der Waals surface area contributed by atoms with Gasteiger partial charge in [0.2, 0.25) is 0 Å². The molecule has 0 aliphatic carbocycles. The van der Waals surface area contributed by atoms with Crippen molar-refractivity contribution in [2.75, 3.05) is 5.32 Å². The Morgan fingerprint density at radius 2 is 2.18 bits per heavy atom. The van der Waals surface area contributed by atoms with E-state index in [0.29, 0.717) is 5.69 Å². The van der Waals surface area contributed by atoms with Crippen LogP contribution in [0.1, 0.15) is 21.5 Å². The molecule has 109 valence electrons. The number of rotatable bonds is 3. The predicted octanol–water partition coefficient (Wildman–Crippen LogP) is 3.19. The van der Waals surface area contributed by atoms with Gasteiger partial charge >= 0.3 is 5.97 Å². The number of aromatic carboxylic acids is 1. The van der Waals surface area contributed by atoms with Crippen LogP contribution in [0.3, 0.4) is 0 Å². The summed E-state index contributed by atoms with van der Waals surface area (Å²) in [5.41, 5.74) is 4.17. The first-order chi connectivity index (χ1) is 10.1. The standard InChI is InChI=1S/C16H14N3O2.Y/c1-10-5-3-4-6-13(10)18-14-11(2)15-17-7-8-19(15)9-12(14)16(20)21;/h4-9,18H,1-2H3,(H,20,21);/q-1;. The molecule has 0 saturated heterocycles. The maximum Gasteiger partial charge on any atom is 0.339 e. The number of aryl methyl sites for hydroxylation is 2. The van der Waals surface area contributed by atoms with Gasteiger partial charge in [-0.25, -0.2) is 9.78 Å². The molecule has 0 aliphatic rings. The Morgan fingerprint density at radius 1 is 1.41 bits per heavy atom. The molecule has 22 heavy (non-hydrogen) atoms. The number of hydrogen-bond acceptors (Lipinski definition) is 3. The Kier molecular flexibility index (Phi) is 4.99. The zero-order valence-corrected chi connectivity index (χ0v) is 15.1. The molecule has 0 saturated carbocycles. The minimum atomic E-state index is -0.976. The summed E-state index contributed by atoms with van der Waals surface area (Å²) in [6.45, 7) is 3.81. The van der Waals surface area contributed by atoms with Gasteiger partial charge in [-0.15, -0.1) is 11.6 Å².